The second-order valence-electron chi connectivity index (χ2n) is 2.32. The van der Waals surface area contributed by atoms with Crippen molar-refractivity contribution in [1.82, 2.24) is 0 Å². The number of rotatable bonds is 4. The van der Waals surface area contributed by atoms with Gasteiger partial charge in [-0.2, -0.15) is 8.42 Å². The van der Waals surface area contributed by atoms with Gasteiger partial charge in [0.1, 0.15) is 5.25 Å². The molecule has 0 bridgehead atoms. The van der Waals surface area contributed by atoms with Gasteiger partial charge in [0.15, 0.2) is 0 Å². The molecule has 0 aliphatic heterocycles. The van der Waals surface area contributed by atoms with Crippen LogP contribution in [-0.4, -0.2) is 29.4 Å². The molecule has 0 saturated carbocycles. The van der Waals surface area contributed by atoms with E-state index in [4.69, 9.17) is 9.66 Å². The fraction of sp³-hybridized carbons (Fsp3) is 0.667. The van der Waals surface area contributed by atoms with Crippen molar-refractivity contribution in [3.63, 3.8) is 0 Å². The molecule has 5 heteroatoms. The summed E-state index contributed by atoms with van der Waals surface area (Å²) >= 11 is 0. The first kappa shape index (κ1) is 10.6. The van der Waals surface area contributed by atoms with Gasteiger partial charge in [-0.15, -0.1) is 6.58 Å². The maximum absolute atomic E-state index is 10.5. The van der Waals surface area contributed by atoms with E-state index in [0.717, 1.165) is 0 Å². The van der Waals surface area contributed by atoms with Gasteiger partial charge in [-0.25, -0.2) is 0 Å². The maximum atomic E-state index is 10.5. The molecular formula is C6H12O4S. The van der Waals surface area contributed by atoms with Crippen molar-refractivity contribution in [2.45, 2.75) is 24.7 Å². The van der Waals surface area contributed by atoms with Gasteiger partial charge in [-0.1, -0.05) is 6.08 Å². The Morgan fingerprint density at radius 2 is 2.09 bits per heavy atom. The van der Waals surface area contributed by atoms with Gasteiger partial charge in [-0.05, 0) is 13.3 Å². The third-order valence-corrected chi connectivity index (χ3v) is 2.67. The Hall–Kier alpha value is -0.390. The highest BCUT2D eigenvalue weighted by molar-refractivity contribution is 7.86. The Balaban J connectivity index is 4.48. The molecule has 0 heterocycles. The molecule has 0 aromatic rings. The van der Waals surface area contributed by atoms with Gasteiger partial charge in [0.2, 0.25) is 0 Å². The largest absolute Gasteiger partial charge is 0.392 e. The van der Waals surface area contributed by atoms with Crippen LogP contribution in [0.1, 0.15) is 13.3 Å². The van der Waals surface area contributed by atoms with Crippen LogP contribution in [0.3, 0.4) is 0 Å². The first-order valence-corrected chi connectivity index (χ1v) is 4.65. The molecule has 0 aliphatic carbocycles. The molecule has 0 amide bonds. The lowest BCUT2D eigenvalue weighted by molar-refractivity contribution is 0.184. The second kappa shape index (κ2) is 3.85. The summed E-state index contributed by atoms with van der Waals surface area (Å²) in [6.45, 7) is 4.62. The van der Waals surface area contributed by atoms with Crippen LogP contribution in [0.2, 0.25) is 0 Å². The smallest absolute Gasteiger partial charge is 0.270 e. The molecular weight excluding hydrogens is 168 g/mol. The summed E-state index contributed by atoms with van der Waals surface area (Å²) in [5, 5.41) is 7.74. The summed E-state index contributed by atoms with van der Waals surface area (Å²) < 4.78 is 29.6. The lowest BCUT2D eigenvalue weighted by Gasteiger charge is -2.13. The van der Waals surface area contributed by atoms with Crippen LogP contribution in [0.4, 0.5) is 0 Å². The molecule has 0 spiro atoms. The molecule has 0 fully saturated rings. The Bertz CT molecular complexity index is 217. The molecule has 0 rings (SSSR count). The minimum atomic E-state index is -4.15. The van der Waals surface area contributed by atoms with E-state index in [-0.39, 0.29) is 6.42 Å². The number of aliphatic hydroxyl groups excluding tert-OH is 1. The van der Waals surface area contributed by atoms with Crippen molar-refractivity contribution in [2.24, 2.45) is 0 Å². The highest BCUT2D eigenvalue weighted by Gasteiger charge is 2.26. The number of hydrogen-bond acceptors (Lipinski definition) is 3. The fourth-order valence-electron chi connectivity index (χ4n) is 0.732. The minimum absolute atomic E-state index is 0.0521. The zero-order chi connectivity index (χ0) is 9.07. The van der Waals surface area contributed by atoms with Crippen molar-refractivity contribution in [2.75, 3.05) is 0 Å². The van der Waals surface area contributed by atoms with E-state index in [9.17, 15) is 8.42 Å². The van der Waals surface area contributed by atoms with Gasteiger partial charge in [0.05, 0.1) is 6.10 Å². The number of hydrogen-bond donors (Lipinski definition) is 2. The van der Waals surface area contributed by atoms with Crippen molar-refractivity contribution < 1.29 is 18.1 Å². The highest BCUT2D eigenvalue weighted by atomic mass is 32.2. The van der Waals surface area contributed by atoms with E-state index in [2.05, 4.69) is 6.58 Å². The van der Waals surface area contributed by atoms with Crippen LogP contribution in [0.5, 0.6) is 0 Å². The summed E-state index contributed by atoms with van der Waals surface area (Å²) in [6, 6.07) is 0. The molecule has 4 nitrogen and oxygen atoms in total. The second-order valence-corrected chi connectivity index (χ2v) is 3.95. The van der Waals surface area contributed by atoms with Crippen molar-refractivity contribution in [3.05, 3.63) is 12.7 Å². The van der Waals surface area contributed by atoms with Crippen molar-refractivity contribution >= 4 is 10.1 Å². The van der Waals surface area contributed by atoms with Gasteiger partial charge in [0.25, 0.3) is 10.1 Å². The van der Waals surface area contributed by atoms with Gasteiger partial charge >= 0.3 is 0 Å². The molecule has 0 aromatic carbocycles. The molecule has 2 N–H and O–H groups in total. The quantitative estimate of drug-likeness (QED) is 0.478. The first-order valence-electron chi connectivity index (χ1n) is 3.15. The van der Waals surface area contributed by atoms with Gasteiger partial charge < -0.3 is 5.11 Å². The molecule has 0 saturated heterocycles. The van der Waals surface area contributed by atoms with Crippen LogP contribution in [0.25, 0.3) is 0 Å². The van der Waals surface area contributed by atoms with Crippen molar-refractivity contribution in [1.29, 1.82) is 0 Å². The van der Waals surface area contributed by atoms with Crippen LogP contribution in [-0.2, 0) is 10.1 Å². The Morgan fingerprint density at radius 1 is 1.64 bits per heavy atom. The maximum Gasteiger partial charge on any atom is 0.270 e. The number of aliphatic hydroxyl groups is 1. The van der Waals surface area contributed by atoms with Crippen LogP contribution in [0, 0.1) is 0 Å². The van der Waals surface area contributed by atoms with Crippen molar-refractivity contribution in [3.8, 4) is 0 Å². The van der Waals surface area contributed by atoms with E-state index in [1.807, 2.05) is 0 Å². The van der Waals surface area contributed by atoms with Crippen LogP contribution in [0.15, 0.2) is 12.7 Å². The predicted molar refractivity (Wildman–Crippen MR) is 41.8 cm³/mol. The summed E-state index contributed by atoms with van der Waals surface area (Å²) in [5.41, 5.74) is 0. The predicted octanol–water partition coefficient (Wildman–Crippen LogP) is 0.200. The first-order chi connectivity index (χ1) is 4.89. The third-order valence-electron chi connectivity index (χ3n) is 1.32. The summed E-state index contributed by atoms with van der Waals surface area (Å²) in [7, 11) is -4.15. The Morgan fingerprint density at radius 3 is 2.18 bits per heavy atom. The Kier molecular flexibility index (Phi) is 3.71. The zero-order valence-corrected chi connectivity index (χ0v) is 7.08. The topological polar surface area (TPSA) is 74.6 Å². The lowest BCUT2D eigenvalue weighted by Crippen LogP contribution is -2.31. The van der Waals surface area contributed by atoms with Crippen LogP contribution >= 0.6 is 0 Å². The standard InChI is InChI=1S/C6H12O4S/c1-3-4-6(5(2)7)11(8,9)10/h3,5-7H,1,4H2,2H3,(H,8,9,10). The summed E-state index contributed by atoms with van der Waals surface area (Å²) in [5.74, 6) is 0. The summed E-state index contributed by atoms with van der Waals surface area (Å²) in [6.07, 6.45) is 0.310. The van der Waals surface area contributed by atoms with Gasteiger partial charge in [-0.3, -0.25) is 4.55 Å². The average molecular weight is 180 g/mol. The molecule has 0 radical (unpaired) electrons. The summed E-state index contributed by atoms with van der Waals surface area (Å²) in [4.78, 5) is 0. The molecule has 66 valence electrons. The minimum Gasteiger partial charge on any atom is -0.392 e. The van der Waals surface area contributed by atoms with E-state index in [1.165, 1.54) is 13.0 Å². The molecule has 0 aliphatic rings. The lowest BCUT2D eigenvalue weighted by atomic mass is 10.2. The SMILES string of the molecule is C=CCC(C(C)O)S(=O)(=O)O. The average Bonchev–Trinajstić information content (AvgIpc) is 1.79. The molecule has 11 heavy (non-hydrogen) atoms. The molecule has 2 atom stereocenters. The number of allylic oxidation sites excluding steroid dienone is 1. The monoisotopic (exact) mass is 180 g/mol. The van der Waals surface area contributed by atoms with E-state index in [0.29, 0.717) is 0 Å². The Labute approximate surface area is 66.3 Å². The normalized spacial score (nSPS) is 17.4. The van der Waals surface area contributed by atoms with E-state index in [1.54, 1.807) is 0 Å². The zero-order valence-electron chi connectivity index (χ0n) is 6.27. The van der Waals surface area contributed by atoms with E-state index >= 15 is 0 Å². The highest BCUT2D eigenvalue weighted by Crippen LogP contribution is 2.09. The van der Waals surface area contributed by atoms with Gasteiger partial charge in [0, 0.05) is 0 Å². The van der Waals surface area contributed by atoms with Crippen LogP contribution < -0.4 is 0 Å². The molecule has 0 aromatic heterocycles. The third kappa shape index (κ3) is 3.50. The molecule has 2 unspecified atom stereocenters. The fourth-order valence-corrected chi connectivity index (χ4v) is 1.61. The van der Waals surface area contributed by atoms with E-state index < -0.39 is 21.5 Å².